The average Bonchev–Trinajstić information content (AvgIpc) is 2.61. The molecule has 0 aromatic heterocycles. The molecule has 1 aliphatic carbocycles. The summed E-state index contributed by atoms with van der Waals surface area (Å²) in [5, 5.41) is 0. The molecule has 0 amide bonds. The van der Waals surface area contributed by atoms with Gasteiger partial charge in [-0.25, -0.2) is 0 Å². The van der Waals surface area contributed by atoms with E-state index in [-0.39, 0.29) is 18.3 Å². The summed E-state index contributed by atoms with van der Waals surface area (Å²) in [6.45, 7) is 5.68. The Labute approximate surface area is 144 Å². The molecule has 3 unspecified atom stereocenters. The molecule has 1 saturated heterocycles. The molecule has 1 aromatic rings. The average molecular weight is 334 g/mol. The number of ether oxygens (including phenoxy) is 4. The molecular weight excluding hydrogens is 306 g/mol. The van der Waals surface area contributed by atoms with Gasteiger partial charge < -0.3 is 23.4 Å². The maximum absolute atomic E-state index is 6.27. The number of likely N-dealkylation sites (N-methyl/N-ethyl adjacent to an activating group) is 1. The minimum Gasteiger partial charge on any atom is -0.483 e. The number of nitrogens with zero attached hydrogens (tertiary/aromatic N) is 1. The summed E-state index contributed by atoms with van der Waals surface area (Å²) in [6, 6.07) is 7.95. The second kappa shape index (κ2) is 6.90. The van der Waals surface area contributed by atoms with Gasteiger partial charge in [-0.15, -0.1) is 0 Å². The van der Waals surface area contributed by atoms with Crippen molar-refractivity contribution in [3.63, 3.8) is 0 Å². The van der Waals surface area contributed by atoms with E-state index >= 15 is 0 Å². The Bertz CT molecular complexity index is 558. The lowest BCUT2D eigenvalue weighted by Crippen LogP contribution is -2.55. The van der Waals surface area contributed by atoms with Gasteiger partial charge in [-0.1, -0.05) is 12.1 Å². The topological polar surface area (TPSA) is 36.9 Å². The third kappa shape index (κ3) is 3.39. The molecule has 24 heavy (non-hydrogen) atoms. The first-order valence-electron chi connectivity index (χ1n) is 9.19. The molecule has 132 valence electrons. The Morgan fingerprint density at radius 1 is 1.08 bits per heavy atom. The molecule has 0 bridgehead atoms. The lowest BCUT2D eigenvalue weighted by atomic mass is 9.91. The van der Waals surface area contributed by atoms with Crippen molar-refractivity contribution in [1.29, 1.82) is 0 Å². The van der Waals surface area contributed by atoms with Gasteiger partial charge >= 0.3 is 0 Å². The minimum atomic E-state index is 0.0173. The monoisotopic (exact) mass is 334 g/mol. The van der Waals surface area contributed by atoms with Gasteiger partial charge in [0.25, 0.3) is 0 Å². The predicted molar refractivity (Wildman–Crippen MR) is 90.5 cm³/mol. The van der Waals surface area contributed by atoms with Crippen molar-refractivity contribution >= 4 is 0 Å². The Morgan fingerprint density at radius 2 is 1.83 bits per heavy atom. The quantitative estimate of drug-likeness (QED) is 0.792. The molecule has 1 aromatic carbocycles. The first-order chi connectivity index (χ1) is 11.7. The number of quaternary nitrogens is 1. The minimum absolute atomic E-state index is 0.0173. The van der Waals surface area contributed by atoms with E-state index in [1.807, 2.05) is 24.3 Å². The van der Waals surface area contributed by atoms with E-state index in [0.29, 0.717) is 0 Å². The van der Waals surface area contributed by atoms with Gasteiger partial charge in [-0.3, -0.25) is 0 Å². The highest BCUT2D eigenvalue weighted by Crippen LogP contribution is 2.39. The van der Waals surface area contributed by atoms with Crippen LogP contribution < -0.4 is 9.47 Å². The molecule has 4 rings (SSSR count). The number of fused-ring (bicyclic) bond motifs is 2. The summed E-state index contributed by atoms with van der Waals surface area (Å²) in [6.07, 6.45) is 3.50. The molecule has 3 atom stereocenters. The zero-order chi connectivity index (χ0) is 16.4. The van der Waals surface area contributed by atoms with Gasteiger partial charge in [0, 0.05) is 0 Å². The van der Waals surface area contributed by atoms with Crippen LogP contribution in [0.25, 0.3) is 0 Å². The maximum Gasteiger partial charge on any atom is 0.161 e. The SMILES string of the molecule is C[N+]1(CCOC2CCCC3Oc4ccccc4OC23)CCOCC1. The van der Waals surface area contributed by atoms with Gasteiger partial charge in [0.1, 0.15) is 25.7 Å². The molecule has 1 saturated carbocycles. The number of hydrogen-bond acceptors (Lipinski definition) is 4. The van der Waals surface area contributed by atoms with Gasteiger partial charge in [0.2, 0.25) is 0 Å². The zero-order valence-electron chi connectivity index (χ0n) is 14.5. The number of hydrogen-bond donors (Lipinski definition) is 0. The number of benzene rings is 1. The summed E-state index contributed by atoms with van der Waals surface area (Å²) in [5.41, 5.74) is 0. The molecule has 2 fully saturated rings. The first-order valence-corrected chi connectivity index (χ1v) is 9.19. The second-order valence-corrected chi connectivity index (χ2v) is 7.43. The van der Waals surface area contributed by atoms with Crippen LogP contribution in [0.4, 0.5) is 0 Å². The van der Waals surface area contributed by atoms with Gasteiger partial charge in [-0.05, 0) is 31.4 Å². The fraction of sp³-hybridized carbons (Fsp3) is 0.684. The van der Waals surface area contributed by atoms with E-state index < -0.39 is 0 Å². The molecule has 0 radical (unpaired) electrons. The lowest BCUT2D eigenvalue weighted by molar-refractivity contribution is -0.917. The van der Waals surface area contributed by atoms with Crippen molar-refractivity contribution in [1.82, 2.24) is 0 Å². The van der Waals surface area contributed by atoms with Crippen LogP contribution in [0.3, 0.4) is 0 Å². The number of rotatable bonds is 4. The van der Waals surface area contributed by atoms with Crippen molar-refractivity contribution in [2.24, 2.45) is 0 Å². The molecular formula is C19H28NO4+. The smallest absolute Gasteiger partial charge is 0.161 e. The summed E-state index contributed by atoms with van der Waals surface area (Å²) in [5.74, 6) is 1.72. The summed E-state index contributed by atoms with van der Waals surface area (Å²) >= 11 is 0. The molecule has 0 N–H and O–H groups in total. The van der Waals surface area contributed by atoms with Crippen LogP contribution in [-0.4, -0.2) is 69.3 Å². The maximum atomic E-state index is 6.27. The predicted octanol–water partition coefficient (Wildman–Crippen LogP) is 2.24. The highest BCUT2D eigenvalue weighted by molar-refractivity contribution is 5.41. The van der Waals surface area contributed by atoms with Crippen molar-refractivity contribution in [3.05, 3.63) is 24.3 Å². The van der Waals surface area contributed by atoms with Crippen LogP contribution in [0, 0.1) is 0 Å². The molecule has 5 heteroatoms. The fourth-order valence-electron chi connectivity index (χ4n) is 3.93. The molecule has 2 heterocycles. The third-order valence-corrected chi connectivity index (χ3v) is 5.61. The van der Waals surface area contributed by atoms with E-state index in [0.717, 1.165) is 74.7 Å². The van der Waals surface area contributed by atoms with Crippen molar-refractivity contribution < 1.29 is 23.4 Å². The van der Waals surface area contributed by atoms with E-state index in [2.05, 4.69) is 7.05 Å². The molecule has 3 aliphatic rings. The Hall–Kier alpha value is -1.30. The van der Waals surface area contributed by atoms with Crippen molar-refractivity contribution in [3.8, 4) is 11.5 Å². The summed E-state index contributed by atoms with van der Waals surface area (Å²) in [4.78, 5) is 0. The lowest BCUT2D eigenvalue weighted by Gasteiger charge is -2.42. The van der Waals surface area contributed by atoms with E-state index in [9.17, 15) is 0 Å². The van der Waals surface area contributed by atoms with Crippen LogP contribution in [0.1, 0.15) is 19.3 Å². The van der Waals surface area contributed by atoms with E-state index in [1.54, 1.807) is 0 Å². The van der Waals surface area contributed by atoms with Gasteiger partial charge in [0.05, 0.1) is 33.0 Å². The highest BCUT2D eigenvalue weighted by atomic mass is 16.6. The van der Waals surface area contributed by atoms with Gasteiger partial charge in [0.15, 0.2) is 17.6 Å². The van der Waals surface area contributed by atoms with Crippen LogP contribution >= 0.6 is 0 Å². The summed E-state index contributed by atoms with van der Waals surface area (Å²) in [7, 11) is 2.30. The van der Waals surface area contributed by atoms with Gasteiger partial charge in [-0.2, -0.15) is 0 Å². The second-order valence-electron chi connectivity index (χ2n) is 7.43. The van der Waals surface area contributed by atoms with Crippen LogP contribution in [-0.2, 0) is 9.47 Å². The zero-order valence-corrected chi connectivity index (χ0v) is 14.5. The number of para-hydroxylation sites is 2. The Balaban J connectivity index is 1.35. The highest BCUT2D eigenvalue weighted by Gasteiger charge is 2.41. The fourth-order valence-corrected chi connectivity index (χ4v) is 3.93. The first kappa shape index (κ1) is 16.2. The largest absolute Gasteiger partial charge is 0.483 e. The van der Waals surface area contributed by atoms with Crippen LogP contribution in [0.2, 0.25) is 0 Å². The Kier molecular flexibility index (Phi) is 4.66. The van der Waals surface area contributed by atoms with E-state index in [4.69, 9.17) is 18.9 Å². The summed E-state index contributed by atoms with van der Waals surface area (Å²) < 4.78 is 25.2. The standard InChI is InChI=1S/C19H28NO4/c1-20(9-12-21-13-10-20)11-14-22-17-7-4-8-18-19(17)24-16-6-3-2-5-15(16)23-18/h2-3,5-6,17-19H,4,7-14H2,1H3/q+1. The third-order valence-electron chi connectivity index (χ3n) is 5.61. The molecule has 5 nitrogen and oxygen atoms in total. The van der Waals surface area contributed by atoms with Crippen LogP contribution in [0.5, 0.6) is 11.5 Å². The molecule has 2 aliphatic heterocycles. The van der Waals surface area contributed by atoms with Crippen LogP contribution in [0.15, 0.2) is 24.3 Å². The van der Waals surface area contributed by atoms with Crippen molar-refractivity contribution in [2.75, 3.05) is 46.5 Å². The number of morpholine rings is 1. The Morgan fingerprint density at radius 3 is 2.62 bits per heavy atom. The van der Waals surface area contributed by atoms with E-state index in [1.165, 1.54) is 0 Å². The van der Waals surface area contributed by atoms with Crippen molar-refractivity contribution in [2.45, 2.75) is 37.6 Å². The normalized spacial score (nSPS) is 31.3. The molecule has 0 spiro atoms.